The first-order valence-electron chi connectivity index (χ1n) is 10.4. The second kappa shape index (κ2) is 8.47. The molecule has 0 aliphatic rings. The van der Waals surface area contributed by atoms with Gasteiger partial charge in [0.1, 0.15) is 11.6 Å². The number of imidazole rings is 1. The van der Waals surface area contributed by atoms with Crippen LogP contribution in [0.4, 0.5) is 11.6 Å². The summed E-state index contributed by atoms with van der Waals surface area (Å²) in [6.07, 6.45) is 3.64. The van der Waals surface area contributed by atoms with Crippen LogP contribution in [0.25, 0.3) is 22.1 Å². The van der Waals surface area contributed by atoms with E-state index in [4.69, 9.17) is 0 Å². The molecule has 0 unspecified atom stereocenters. The van der Waals surface area contributed by atoms with Gasteiger partial charge in [0.15, 0.2) is 10.8 Å². The smallest absolute Gasteiger partial charge is 0.217 e. The maximum atomic E-state index is 4.61. The monoisotopic (exact) mass is 486 g/mol. The first-order chi connectivity index (χ1) is 16.7. The van der Waals surface area contributed by atoms with Crippen LogP contribution in [-0.2, 0) is 0 Å². The van der Waals surface area contributed by atoms with Gasteiger partial charge in [-0.05, 0) is 72.1 Å². The zero-order chi connectivity index (χ0) is 23.1. The normalized spacial score (nSPS) is 11.5. The number of nitrogens with one attached hydrogen (secondary N) is 2. The Bertz CT molecular complexity index is 1660. The summed E-state index contributed by atoms with van der Waals surface area (Å²) in [6, 6.07) is 15.8. The molecule has 168 valence electrons. The Balaban J connectivity index is 1.38. The zero-order valence-corrected chi connectivity index (χ0v) is 19.8. The molecule has 0 saturated heterocycles. The summed E-state index contributed by atoms with van der Waals surface area (Å²) < 4.78 is 3.58. The van der Waals surface area contributed by atoms with Crippen LogP contribution in [0.1, 0.15) is 0 Å². The third-order valence-electron chi connectivity index (χ3n) is 5.18. The summed E-state index contributed by atoms with van der Waals surface area (Å²) in [6.45, 7) is 0. The number of anilines is 2. The molecular formula is C22H18N10S2. The van der Waals surface area contributed by atoms with Crippen molar-refractivity contribution in [3.63, 3.8) is 0 Å². The summed E-state index contributed by atoms with van der Waals surface area (Å²) >= 11 is 3.06. The van der Waals surface area contributed by atoms with E-state index in [1.807, 2.05) is 73.5 Å². The highest BCUT2D eigenvalue weighted by Gasteiger charge is 2.13. The van der Waals surface area contributed by atoms with Crippen molar-refractivity contribution in [1.29, 1.82) is 0 Å². The molecule has 10 nitrogen and oxygen atoms in total. The number of rotatable bonds is 6. The van der Waals surface area contributed by atoms with Gasteiger partial charge in [0.25, 0.3) is 0 Å². The average molecular weight is 487 g/mol. The van der Waals surface area contributed by atoms with Gasteiger partial charge in [-0.25, -0.2) is 9.50 Å². The van der Waals surface area contributed by atoms with E-state index in [1.165, 1.54) is 11.8 Å². The lowest BCUT2D eigenvalue weighted by Crippen LogP contribution is -1.99. The third-order valence-corrected chi connectivity index (χ3v) is 7.15. The molecule has 0 spiro atoms. The summed E-state index contributed by atoms with van der Waals surface area (Å²) in [4.78, 5) is 11.2. The molecule has 6 rings (SSSR count). The summed E-state index contributed by atoms with van der Waals surface area (Å²) in [5.74, 6) is 1.53. The molecule has 5 aromatic heterocycles. The molecule has 0 radical (unpaired) electrons. The van der Waals surface area contributed by atoms with E-state index in [0.717, 1.165) is 43.0 Å². The van der Waals surface area contributed by atoms with Crippen LogP contribution in [0.15, 0.2) is 81.0 Å². The van der Waals surface area contributed by atoms with Crippen molar-refractivity contribution in [2.24, 2.45) is 0 Å². The maximum absolute atomic E-state index is 4.61. The van der Waals surface area contributed by atoms with Crippen molar-refractivity contribution < 1.29 is 0 Å². The second-order valence-corrected chi connectivity index (χ2v) is 9.31. The van der Waals surface area contributed by atoms with Crippen LogP contribution >= 0.6 is 23.5 Å². The second-order valence-electron chi connectivity index (χ2n) is 7.26. The predicted octanol–water partition coefficient (Wildman–Crippen LogP) is 4.10. The molecule has 0 saturated carbocycles. The SMILES string of the molecule is CNc1ccc2cnc(Sc3ccnc4ccc(Sc5nnc6ccc(NC)nn56)cc34)n2n1. The first kappa shape index (κ1) is 20.7. The quantitative estimate of drug-likeness (QED) is 0.357. The standard InChI is InChI=1S/C22H18N10S2/c1-23-18-6-3-13-12-26-21(31(13)29-18)34-17-9-10-25-16-5-4-14(11-15(16)17)33-22-28-27-20-8-7-19(24-2)30-32(20)22/h3-12H,1-2H3,(H,23,29)(H,24,30). The van der Waals surface area contributed by atoms with Gasteiger partial charge in [0.05, 0.1) is 17.2 Å². The Kier molecular flexibility index (Phi) is 5.15. The van der Waals surface area contributed by atoms with Crippen molar-refractivity contribution in [3.8, 4) is 0 Å². The Morgan fingerprint density at radius 1 is 0.765 bits per heavy atom. The van der Waals surface area contributed by atoms with E-state index in [1.54, 1.807) is 16.3 Å². The van der Waals surface area contributed by atoms with E-state index in [9.17, 15) is 0 Å². The minimum Gasteiger partial charge on any atom is -0.372 e. The fourth-order valence-electron chi connectivity index (χ4n) is 3.49. The van der Waals surface area contributed by atoms with Crippen molar-refractivity contribution in [2.75, 3.05) is 24.7 Å². The van der Waals surface area contributed by atoms with Crippen LogP contribution in [0.3, 0.4) is 0 Å². The number of fused-ring (bicyclic) bond motifs is 3. The predicted molar refractivity (Wildman–Crippen MR) is 133 cm³/mol. The van der Waals surface area contributed by atoms with Gasteiger partial charge in [-0.1, -0.05) is 0 Å². The Hall–Kier alpha value is -3.90. The lowest BCUT2D eigenvalue weighted by molar-refractivity contribution is 0.812. The highest BCUT2D eigenvalue weighted by molar-refractivity contribution is 7.99. The van der Waals surface area contributed by atoms with Crippen molar-refractivity contribution >= 4 is 57.2 Å². The van der Waals surface area contributed by atoms with E-state index < -0.39 is 0 Å². The molecule has 0 fully saturated rings. The average Bonchev–Trinajstić information content (AvgIpc) is 3.47. The van der Waals surface area contributed by atoms with Gasteiger partial charge < -0.3 is 10.6 Å². The highest BCUT2D eigenvalue weighted by atomic mass is 32.2. The molecule has 0 bridgehead atoms. The third kappa shape index (κ3) is 3.66. The van der Waals surface area contributed by atoms with E-state index >= 15 is 0 Å². The zero-order valence-electron chi connectivity index (χ0n) is 18.2. The molecule has 0 amide bonds. The van der Waals surface area contributed by atoms with Gasteiger partial charge in [-0.2, -0.15) is 4.52 Å². The fourth-order valence-corrected chi connectivity index (χ4v) is 5.25. The molecule has 34 heavy (non-hydrogen) atoms. The van der Waals surface area contributed by atoms with Gasteiger partial charge in [-0.15, -0.1) is 20.4 Å². The number of benzene rings is 1. The molecule has 0 atom stereocenters. The number of hydrogen-bond acceptors (Lipinski definition) is 10. The number of aromatic nitrogens is 8. The largest absolute Gasteiger partial charge is 0.372 e. The minimum atomic E-state index is 0.688. The number of pyridine rings is 1. The highest BCUT2D eigenvalue weighted by Crippen LogP contribution is 2.35. The van der Waals surface area contributed by atoms with E-state index in [-0.39, 0.29) is 0 Å². The van der Waals surface area contributed by atoms with Gasteiger partial charge in [0.2, 0.25) is 5.16 Å². The lowest BCUT2D eigenvalue weighted by atomic mass is 10.2. The molecule has 12 heteroatoms. The molecule has 0 aliphatic carbocycles. The molecule has 1 aromatic carbocycles. The van der Waals surface area contributed by atoms with Crippen LogP contribution in [0, 0.1) is 0 Å². The Morgan fingerprint density at radius 3 is 2.44 bits per heavy atom. The van der Waals surface area contributed by atoms with E-state index in [2.05, 4.69) is 47.1 Å². The molecule has 2 N–H and O–H groups in total. The summed E-state index contributed by atoms with van der Waals surface area (Å²) in [7, 11) is 3.68. The van der Waals surface area contributed by atoms with Crippen molar-refractivity contribution in [2.45, 2.75) is 20.1 Å². The lowest BCUT2D eigenvalue weighted by Gasteiger charge is -2.08. The summed E-state index contributed by atoms with van der Waals surface area (Å²) in [5.41, 5.74) is 2.53. The Labute approximate surface area is 202 Å². The van der Waals surface area contributed by atoms with E-state index in [0.29, 0.717) is 10.8 Å². The maximum Gasteiger partial charge on any atom is 0.217 e. The topological polar surface area (TPSA) is 110 Å². The van der Waals surface area contributed by atoms with Crippen LogP contribution in [0.5, 0.6) is 0 Å². The molecule has 6 aromatic rings. The first-order valence-corrected chi connectivity index (χ1v) is 12.0. The Morgan fingerprint density at radius 2 is 1.59 bits per heavy atom. The number of hydrogen-bond donors (Lipinski definition) is 2. The fraction of sp³-hybridized carbons (Fsp3) is 0.0909. The van der Waals surface area contributed by atoms with Gasteiger partial charge >= 0.3 is 0 Å². The molecular weight excluding hydrogens is 468 g/mol. The molecule has 5 heterocycles. The van der Waals surface area contributed by atoms with Crippen LogP contribution < -0.4 is 10.6 Å². The van der Waals surface area contributed by atoms with Gasteiger partial charge in [0, 0.05) is 35.5 Å². The van der Waals surface area contributed by atoms with Crippen molar-refractivity contribution in [1.82, 2.24) is 39.4 Å². The minimum absolute atomic E-state index is 0.688. The molecule has 0 aliphatic heterocycles. The van der Waals surface area contributed by atoms with Crippen LogP contribution in [0.2, 0.25) is 0 Å². The summed E-state index contributed by atoms with van der Waals surface area (Å²) in [5, 5.41) is 26.3. The van der Waals surface area contributed by atoms with Crippen LogP contribution in [-0.4, -0.2) is 53.5 Å². The van der Waals surface area contributed by atoms with Gasteiger partial charge in [-0.3, -0.25) is 4.98 Å². The van der Waals surface area contributed by atoms with Crippen molar-refractivity contribution in [3.05, 3.63) is 60.9 Å². The number of nitrogens with zero attached hydrogens (tertiary/aromatic N) is 8.